The third-order valence-corrected chi connectivity index (χ3v) is 7.36. The molecule has 1 heterocycles. The molecule has 1 aliphatic heterocycles. The number of carbonyl (C=O) groups excluding carboxylic acids is 2. The highest BCUT2D eigenvalue weighted by Crippen LogP contribution is 2.26. The lowest BCUT2D eigenvalue weighted by molar-refractivity contribution is -0.132. The highest BCUT2D eigenvalue weighted by atomic mass is 16.5. The molecule has 1 fully saturated rings. The quantitative estimate of drug-likeness (QED) is 0.286. The standard InChI is InChI=1S/C31H44N2O5/c1-5-6-7-8-9-10-30(34)33(22-24-11-13-27(36-2)14-12-24)23-25-15-17-32(18-16-25)31(35)26-19-28(37-3)21-29(20-26)38-4/h11-14,19-21,25H,5-10,15-18,22-23H2,1-4H3. The fraction of sp³-hybridized carbons (Fsp3) is 0.548. The number of nitrogens with zero attached hydrogens (tertiary/aromatic N) is 2. The van der Waals surface area contributed by atoms with Crippen molar-refractivity contribution in [3.63, 3.8) is 0 Å². The molecule has 208 valence electrons. The summed E-state index contributed by atoms with van der Waals surface area (Å²) < 4.78 is 16.0. The number of rotatable bonds is 14. The fourth-order valence-corrected chi connectivity index (χ4v) is 4.99. The van der Waals surface area contributed by atoms with Crippen LogP contribution in [0.1, 0.15) is 74.2 Å². The number of piperidine rings is 1. The zero-order valence-electron chi connectivity index (χ0n) is 23.5. The van der Waals surface area contributed by atoms with Crippen LogP contribution in [0.4, 0.5) is 0 Å². The van der Waals surface area contributed by atoms with E-state index in [-0.39, 0.29) is 11.8 Å². The van der Waals surface area contributed by atoms with Gasteiger partial charge in [-0.2, -0.15) is 0 Å². The summed E-state index contributed by atoms with van der Waals surface area (Å²) in [5, 5.41) is 0. The Hall–Kier alpha value is -3.22. The van der Waals surface area contributed by atoms with Crippen molar-refractivity contribution in [1.29, 1.82) is 0 Å². The van der Waals surface area contributed by atoms with Crippen LogP contribution >= 0.6 is 0 Å². The molecule has 7 heteroatoms. The van der Waals surface area contributed by atoms with Crippen LogP contribution in [-0.2, 0) is 11.3 Å². The number of unbranched alkanes of at least 4 members (excludes halogenated alkanes) is 4. The van der Waals surface area contributed by atoms with Crippen LogP contribution in [0.5, 0.6) is 17.2 Å². The van der Waals surface area contributed by atoms with Gasteiger partial charge in [-0.15, -0.1) is 0 Å². The van der Waals surface area contributed by atoms with E-state index >= 15 is 0 Å². The topological polar surface area (TPSA) is 68.3 Å². The van der Waals surface area contributed by atoms with Gasteiger partial charge in [0.2, 0.25) is 5.91 Å². The molecule has 0 spiro atoms. The van der Waals surface area contributed by atoms with Crippen molar-refractivity contribution >= 4 is 11.8 Å². The van der Waals surface area contributed by atoms with Gasteiger partial charge in [-0.25, -0.2) is 0 Å². The van der Waals surface area contributed by atoms with E-state index in [0.29, 0.717) is 49.0 Å². The molecule has 38 heavy (non-hydrogen) atoms. The highest BCUT2D eigenvalue weighted by molar-refractivity contribution is 5.95. The molecule has 2 amide bonds. The van der Waals surface area contributed by atoms with Crippen LogP contribution in [0.15, 0.2) is 42.5 Å². The number of methoxy groups -OCH3 is 3. The first-order valence-corrected chi connectivity index (χ1v) is 13.9. The summed E-state index contributed by atoms with van der Waals surface area (Å²) in [6.07, 6.45) is 7.99. The van der Waals surface area contributed by atoms with Crippen LogP contribution in [0.3, 0.4) is 0 Å². The van der Waals surface area contributed by atoms with Gasteiger partial charge in [-0.3, -0.25) is 9.59 Å². The molecule has 7 nitrogen and oxygen atoms in total. The highest BCUT2D eigenvalue weighted by Gasteiger charge is 2.27. The maximum absolute atomic E-state index is 13.3. The first kappa shape index (κ1) is 29.3. The van der Waals surface area contributed by atoms with E-state index in [1.807, 2.05) is 34.1 Å². The molecular weight excluding hydrogens is 480 g/mol. The molecule has 0 saturated carbocycles. The van der Waals surface area contributed by atoms with E-state index in [2.05, 4.69) is 6.92 Å². The Morgan fingerprint density at radius 1 is 0.842 bits per heavy atom. The Bertz CT molecular complexity index is 993. The lowest BCUT2D eigenvalue weighted by atomic mass is 9.95. The first-order chi connectivity index (χ1) is 18.5. The number of amides is 2. The predicted octanol–water partition coefficient (Wildman–Crippen LogP) is 5.95. The zero-order valence-corrected chi connectivity index (χ0v) is 23.5. The summed E-state index contributed by atoms with van der Waals surface area (Å²) in [5.74, 6) is 2.59. The average molecular weight is 525 g/mol. The smallest absolute Gasteiger partial charge is 0.254 e. The van der Waals surface area contributed by atoms with E-state index in [4.69, 9.17) is 14.2 Å². The van der Waals surface area contributed by atoms with Gasteiger partial charge in [0.15, 0.2) is 0 Å². The minimum atomic E-state index is -0.0149. The van der Waals surface area contributed by atoms with Crippen LogP contribution in [0.2, 0.25) is 0 Å². The molecule has 0 N–H and O–H groups in total. The Morgan fingerprint density at radius 3 is 2.03 bits per heavy atom. The lowest BCUT2D eigenvalue weighted by Gasteiger charge is -2.35. The number of benzene rings is 2. The second kappa shape index (κ2) is 15.3. The first-order valence-electron chi connectivity index (χ1n) is 13.9. The van der Waals surface area contributed by atoms with Gasteiger partial charge in [-0.05, 0) is 55.0 Å². The molecule has 0 aromatic heterocycles. The fourth-order valence-electron chi connectivity index (χ4n) is 4.99. The number of ether oxygens (including phenoxy) is 3. The summed E-state index contributed by atoms with van der Waals surface area (Å²) in [6.45, 7) is 4.86. The molecule has 2 aromatic rings. The summed E-state index contributed by atoms with van der Waals surface area (Å²) >= 11 is 0. The summed E-state index contributed by atoms with van der Waals surface area (Å²) in [5.41, 5.74) is 1.67. The van der Waals surface area contributed by atoms with E-state index in [1.165, 1.54) is 19.3 Å². The van der Waals surface area contributed by atoms with Gasteiger partial charge in [0.25, 0.3) is 5.91 Å². The van der Waals surface area contributed by atoms with Gasteiger partial charge in [0.05, 0.1) is 21.3 Å². The summed E-state index contributed by atoms with van der Waals surface area (Å²) in [6, 6.07) is 13.2. The summed E-state index contributed by atoms with van der Waals surface area (Å²) in [7, 11) is 4.82. The van der Waals surface area contributed by atoms with Crippen LogP contribution in [-0.4, -0.2) is 62.6 Å². The molecule has 0 bridgehead atoms. The van der Waals surface area contributed by atoms with Crippen molar-refractivity contribution in [2.45, 2.75) is 64.8 Å². The Labute approximate surface area is 228 Å². The van der Waals surface area contributed by atoms with Crippen molar-refractivity contribution in [2.75, 3.05) is 41.0 Å². The molecule has 0 unspecified atom stereocenters. The second-order valence-electron chi connectivity index (χ2n) is 10.1. The Kier molecular flexibility index (Phi) is 11.8. The third-order valence-electron chi connectivity index (χ3n) is 7.36. The largest absolute Gasteiger partial charge is 0.497 e. The van der Waals surface area contributed by atoms with Crippen molar-refractivity contribution < 1.29 is 23.8 Å². The maximum Gasteiger partial charge on any atom is 0.254 e. The third kappa shape index (κ3) is 8.67. The monoisotopic (exact) mass is 524 g/mol. The van der Waals surface area contributed by atoms with Crippen molar-refractivity contribution in [2.24, 2.45) is 5.92 Å². The van der Waals surface area contributed by atoms with Gasteiger partial charge >= 0.3 is 0 Å². The Morgan fingerprint density at radius 2 is 1.45 bits per heavy atom. The van der Waals surface area contributed by atoms with E-state index < -0.39 is 0 Å². The van der Waals surface area contributed by atoms with Crippen LogP contribution in [0.25, 0.3) is 0 Å². The number of hydrogen-bond acceptors (Lipinski definition) is 5. The normalized spacial score (nSPS) is 13.7. The van der Waals surface area contributed by atoms with Gasteiger partial charge in [0, 0.05) is 44.2 Å². The van der Waals surface area contributed by atoms with Crippen molar-refractivity contribution in [3.8, 4) is 17.2 Å². The summed E-state index contributed by atoms with van der Waals surface area (Å²) in [4.78, 5) is 30.4. The Balaban J connectivity index is 1.60. The van der Waals surface area contributed by atoms with Crippen molar-refractivity contribution in [1.82, 2.24) is 9.80 Å². The lowest BCUT2D eigenvalue weighted by Crippen LogP contribution is -2.42. The molecular formula is C31H44N2O5. The zero-order chi connectivity index (χ0) is 27.3. The number of hydrogen-bond donors (Lipinski definition) is 0. The second-order valence-corrected chi connectivity index (χ2v) is 10.1. The molecule has 0 atom stereocenters. The number of likely N-dealkylation sites (tertiary alicyclic amines) is 1. The van der Waals surface area contributed by atoms with Crippen LogP contribution < -0.4 is 14.2 Å². The van der Waals surface area contributed by atoms with Crippen LogP contribution in [0, 0.1) is 5.92 Å². The minimum Gasteiger partial charge on any atom is -0.497 e. The molecule has 1 saturated heterocycles. The SMILES string of the molecule is CCCCCCCC(=O)N(Cc1ccc(OC)cc1)CC1CCN(C(=O)c2cc(OC)cc(OC)c2)CC1. The van der Waals surface area contributed by atoms with Gasteiger partial charge in [0.1, 0.15) is 17.2 Å². The predicted molar refractivity (Wildman–Crippen MR) is 150 cm³/mol. The van der Waals surface area contributed by atoms with Crippen molar-refractivity contribution in [3.05, 3.63) is 53.6 Å². The minimum absolute atomic E-state index is 0.0149. The van der Waals surface area contributed by atoms with E-state index in [9.17, 15) is 9.59 Å². The molecule has 3 rings (SSSR count). The van der Waals surface area contributed by atoms with E-state index in [1.54, 1.807) is 39.5 Å². The molecule has 0 aliphatic carbocycles. The number of carbonyl (C=O) groups is 2. The molecule has 1 aliphatic rings. The van der Waals surface area contributed by atoms with Gasteiger partial charge in [-0.1, -0.05) is 44.7 Å². The average Bonchev–Trinajstić information content (AvgIpc) is 2.96. The molecule has 2 aromatic carbocycles. The molecule has 0 radical (unpaired) electrons. The van der Waals surface area contributed by atoms with Gasteiger partial charge < -0.3 is 24.0 Å². The maximum atomic E-state index is 13.3. The van der Waals surface area contributed by atoms with E-state index in [0.717, 1.165) is 43.5 Å².